The molecule has 5 aliphatic rings. The highest BCUT2D eigenvalue weighted by atomic mass is 32.1. The van der Waals surface area contributed by atoms with Gasteiger partial charge >= 0.3 is 0 Å². The topological polar surface area (TPSA) is 3.24 Å². The molecule has 1 aromatic heterocycles. The number of hydrogen-bond acceptors (Lipinski definition) is 2. The highest BCUT2D eigenvalue weighted by Gasteiger charge is 2.61. The van der Waals surface area contributed by atoms with Crippen molar-refractivity contribution in [3.63, 3.8) is 0 Å². The van der Waals surface area contributed by atoms with E-state index in [1.807, 2.05) is 11.3 Å². The maximum absolute atomic E-state index is 2.62. The monoisotopic (exact) mass is 711 g/mol. The number of fused-ring (bicyclic) bond motifs is 6. The summed E-state index contributed by atoms with van der Waals surface area (Å²) in [6.45, 7) is 0. The lowest BCUT2D eigenvalue weighted by atomic mass is 9.43. The number of para-hydroxylation sites is 1. The van der Waals surface area contributed by atoms with Crippen LogP contribution < -0.4 is 4.90 Å². The van der Waals surface area contributed by atoms with Crippen LogP contribution in [0.25, 0.3) is 53.6 Å². The van der Waals surface area contributed by atoms with Gasteiger partial charge in [0.2, 0.25) is 0 Å². The van der Waals surface area contributed by atoms with Crippen molar-refractivity contribution in [3.05, 3.63) is 175 Å². The molecule has 1 spiro atoms. The third kappa shape index (κ3) is 4.44. The predicted octanol–water partition coefficient (Wildman–Crippen LogP) is 14.6. The fraction of sp³-hybridized carbons (Fsp3) is 0.192. The van der Waals surface area contributed by atoms with Gasteiger partial charge in [0.15, 0.2) is 0 Å². The van der Waals surface area contributed by atoms with Crippen LogP contribution in [0.4, 0.5) is 17.1 Å². The molecule has 0 N–H and O–H groups in total. The number of rotatable bonds is 5. The third-order valence-corrected chi connectivity index (χ3v) is 15.0. The minimum absolute atomic E-state index is 0.178. The lowest BCUT2D eigenvalue weighted by Crippen LogP contribution is -2.55. The van der Waals surface area contributed by atoms with Crippen LogP contribution in [0.2, 0.25) is 0 Å². The summed E-state index contributed by atoms with van der Waals surface area (Å²) >= 11 is 1.87. The summed E-state index contributed by atoms with van der Waals surface area (Å²) in [5, 5.41) is 2.63. The van der Waals surface area contributed by atoms with Gasteiger partial charge in [-0.3, -0.25) is 0 Å². The third-order valence-electron chi connectivity index (χ3n) is 13.9. The van der Waals surface area contributed by atoms with Gasteiger partial charge in [0.05, 0.1) is 5.69 Å². The summed E-state index contributed by atoms with van der Waals surface area (Å²) in [7, 11) is 0. The van der Waals surface area contributed by atoms with Gasteiger partial charge in [0.1, 0.15) is 0 Å². The van der Waals surface area contributed by atoms with Crippen molar-refractivity contribution in [2.75, 3.05) is 4.90 Å². The van der Waals surface area contributed by atoms with E-state index in [0.717, 1.165) is 29.4 Å². The molecule has 7 aromatic carbocycles. The van der Waals surface area contributed by atoms with Gasteiger partial charge in [-0.2, -0.15) is 0 Å². The first-order valence-electron chi connectivity index (χ1n) is 19.9. The summed E-state index contributed by atoms with van der Waals surface area (Å²) in [6.07, 6.45) is 7.12. The molecule has 1 heterocycles. The van der Waals surface area contributed by atoms with Crippen LogP contribution >= 0.6 is 11.3 Å². The largest absolute Gasteiger partial charge is 0.310 e. The van der Waals surface area contributed by atoms with E-state index in [1.54, 1.807) is 11.1 Å². The molecule has 13 rings (SSSR count). The molecule has 260 valence electrons. The Labute approximate surface area is 321 Å². The number of hydrogen-bond donors (Lipinski definition) is 0. The standard InChI is InChI=1S/C52H41NS/c1-2-10-36(11-3-1)42-12-5-8-16-49(42)53(41-23-25-51-46(32-41)45-14-6-9-17-50(45)54-51)40-21-18-35(19-22-40)37-20-24-44-43-13-4-7-15-47(43)52(48(44)31-37)38-27-33-26-34(29-38)30-39(52)28-33/h1-25,31-34,38-39H,26-30H2. The second kappa shape index (κ2) is 11.8. The average Bonchev–Trinajstić information content (AvgIpc) is 3.74. The molecule has 0 radical (unpaired) electrons. The number of thiophene rings is 1. The molecule has 0 saturated heterocycles. The zero-order valence-electron chi connectivity index (χ0n) is 30.3. The smallest absolute Gasteiger partial charge is 0.0540 e. The Balaban J connectivity index is 0.989. The second-order valence-corrected chi connectivity index (χ2v) is 17.6. The quantitative estimate of drug-likeness (QED) is 0.172. The highest BCUT2D eigenvalue weighted by molar-refractivity contribution is 7.25. The van der Waals surface area contributed by atoms with Gasteiger partial charge in [-0.15, -0.1) is 11.3 Å². The van der Waals surface area contributed by atoms with Gasteiger partial charge in [-0.05, 0) is 143 Å². The summed E-state index contributed by atoms with van der Waals surface area (Å²) in [6, 6.07) is 61.8. The van der Waals surface area contributed by atoms with Crippen LogP contribution in [0.5, 0.6) is 0 Å². The van der Waals surface area contributed by atoms with Crippen molar-refractivity contribution in [3.8, 4) is 33.4 Å². The Morgan fingerprint density at radius 3 is 1.87 bits per heavy atom. The molecule has 4 fully saturated rings. The van der Waals surface area contributed by atoms with E-state index in [1.165, 1.54) is 97.0 Å². The first-order chi connectivity index (χ1) is 26.7. The van der Waals surface area contributed by atoms with Crippen LogP contribution in [0.15, 0.2) is 164 Å². The van der Waals surface area contributed by atoms with Crippen molar-refractivity contribution < 1.29 is 0 Å². The molecule has 8 aromatic rings. The highest BCUT2D eigenvalue weighted by Crippen LogP contribution is 2.69. The van der Waals surface area contributed by atoms with Gasteiger partial charge in [-0.1, -0.05) is 115 Å². The maximum atomic E-state index is 2.62. The molecule has 0 atom stereocenters. The Hall–Kier alpha value is -5.44. The van der Waals surface area contributed by atoms with Crippen molar-refractivity contribution in [1.29, 1.82) is 0 Å². The molecule has 54 heavy (non-hydrogen) atoms. The normalized spacial score (nSPS) is 23.3. The Kier molecular flexibility index (Phi) is 6.75. The SMILES string of the molecule is c1ccc(-c2ccccc2N(c2ccc(-c3ccc4c(c3)C3(c5ccccc5-4)C4CC5CC(C4)CC3C5)cc2)c2ccc3sc4ccccc4c3c2)cc1. The fourth-order valence-corrected chi connectivity index (χ4v) is 13.0. The molecule has 4 saturated carbocycles. The van der Waals surface area contributed by atoms with Crippen molar-refractivity contribution in [2.24, 2.45) is 23.7 Å². The fourth-order valence-electron chi connectivity index (χ4n) is 11.9. The molecule has 5 aliphatic carbocycles. The summed E-state index contributed by atoms with van der Waals surface area (Å²) in [4.78, 5) is 2.46. The van der Waals surface area contributed by atoms with Crippen LogP contribution in [-0.2, 0) is 5.41 Å². The average molecular weight is 712 g/mol. The first-order valence-corrected chi connectivity index (χ1v) is 20.7. The Morgan fingerprint density at radius 1 is 0.426 bits per heavy atom. The van der Waals surface area contributed by atoms with Gasteiger partial charge in [-0.25, -0.2) is 0 Å². The lowest BCUT2D eigenvalue weighted by Gasteiger charge is -2.61. The molecule has 0 amide bonds. The van der Waals surface area contributed by atoms with Crippen LogP contribution in [-0.4, -0.2) is 0 Å². The van der Waals surface area contributed by atoms with Crippen molar-refractivity contribution in [2.45, 2.75) is 37.5 Å². The number of anilines is 3. The van der Waals surface area contributed by atoms with E-state index < -0.39 is 0 Å². The zero-order valence-corrected chi connectivity index (χ0v) is 31.1. The second-order valence-electron chi connectivity index (χ2n) is 16.5. The number of nitrogens with zero attached hydrogens (tertiary/aromatic N) is 1. The minimum Gasteiger partial charge on any atom is -0.310 e. The van der Waals surface area contributed by atoms with Crippen LogP contribution in [0, 0.1) is 23.7 Å². The van der Waals surface area contributed by atoms with Crippen molar-refractivity contribution in [1.82, 2.24) is 0 Å². The molecular formula is C52H41NS. The van der Waals surface area contributed by atoms with E-state index in [-0.39, 0.29) is 5.41 Å². The van der Waals surface area contributed by atoms with E-state index >= 15 is 0 Å². The van der Waals surface area contributed by atoms with Gasteiger partial charge in [0, 0.05) is 42.5 Å². The summed E-state index contributed by atoms with van der Waals surface area (Å²) < 4.78 is 2.65. The Bertz CT molecular complexity index is 2710. The summed E-state index contributed by atoms with van der Waals surface area (Å²) in [5.74, 6) is 3.42. The van der Waals surface area contributed by atoms with Gasteiger partial charge in [0.25, 0.3) is 0 Å². The molecule has 1 nitrogen and oxygen atoms in total. The zero-order chi connectivity index (χ0) is 35.4. The molecule has 2 heteroatoms. The van der Waals surface area contributed by atoms with E-state index in [4.69, 9.17) is 0 Å². The predicted molar refractivity (Wildman–Crippen MR) is 228 cm³/mol. The molecule has 0 unspecified atom stereocenters. The minimum atomic E-state index is 0.178. The van der Waals surface area contributed by atoms with Crippen LogP contribution in [0.3, 0.4) is 0 Å². The maximum Gasteiger partial charge on any atom is 0.0540 e. The van der Waals surface area contributed by atoms with E-state index in [9.17, 15) is 0 Å². The summed E-state index contributed by atoms with van der Waals surface area (Å²) in [5.41, 5.74) is 15.0. The van der Waals surface area contributed by atoms with Gasteiger partial charge < -0.3 is 4.90 Å². The Morgan fingerprint density at radius 2 is 1.06 bits per heavy atom. The van der Waals surface area contributed by atoms with E-state index in [2.05, 4.69) is 169 Å². The molecule has 0 aliphatic heterocycles. The number of benzene rings is 7. The first kappa shape index (κ1) is 31.0. The lowest BCUT2D eigenvalue weighted by molar-refractivity contribution is -0.0399. The van der Waals surface area contributed by atoms with E-state index in [0.29, 0.717) is 0 Å². The van der Waals surface area contributed by atoms with Crippen molar-refractivity contribution >= 4 is 48.6 Å². The molecular weight excluding hydrogens is 671 g/mol. The van der Waals surface area contributed by atoms with Crippen LogP contribution in [0.1, 0.15) is 43.2 Å². The molecule has 4 bridgehead atoms.